The van der Waals surface area contributed by atoms with Crippen LogP contribution in [0.25, 0.3) is 17.3 Å². The third kappa shape index (κ3) is 3.71. The van der Waals surface area contributed by atoms with Gasteiger partial charge in [0.05, 0.1) is 0 Å². The number of nitriles is 1. The molecular formula is C22H17FN4O4. The van der Waals surface area contributed by atoms with E-state index in [1.165, 1.54) is 6.07 Å². The molecule has 3 aromatic heterocycles. The normalized spacial score (nSPS) is 11.8. The number of benzene rings is 1. The molecule has 1 atom stereocenters. The molecule has 0 N–H and O–H groups in total. The zero-order valence-corrected chi connectivity index (χ0v) is 16.9. The number of aromatic nitrogens is 3. The fourth-order valence-electron chi connectivity index (χ4n) is 3.05. The quantitative estimate of drug-likeness (QED) is 0.432. The van der Waals surface area contributed by atoms with E-state index in [2.05, 4.69) is 10.1 Å². The molecule has 0 aliphatic rings. The van der Waals surface area contributed by atoms with Crippen molar-refractivity contribution in [3.63, 3.8) is 0 Å². The molecule has 0 bridgehead atoms. The van der Waals surface area contributed by atoms with Gasteiger partial charge in [0.15, 0.2) is 6.10 Å². The summed E-state index contributed by atoms with van der Waals surface area (Å²) >= 11 is 0. The second kappa shape index (κ2) is 7.91. The largest absolute Gasteiger partial charge is 0.449 e. The molecule has 1 aromatic carbocycles. The predicted molar refractivity (Wildman–Crippen MR) is 106 cm³/mol. The fraction of sp³-hybridized carbons (Fsp3) is 0.182. The summed E-state index contributed by atoms with van der Waals surface area (Å²) in [5, 5.41) is 13.4. The first-order valence-corrected chi connectivity index (χ1v) is 9.37. The Morgan fingerprint density at radius 3 is 2.71 bits per heavy atom. The van der Waals surface area contributed by atoms with Crippen LogP contribution >= 0.6 is 0 Å². The molecule has 0 spiro atoms. The Hall–Kier alpha value is -4.19. The van der Waals surface area contributed by atoms with E-state index in [0.29, 0.717) is 11.1 Å². The number of esters is 1. The van der Waals surface area contributed by atoms with Crippen LogP contribution < -0.4 is 0 Å². The van der Waals surface area contributed by atoms with Gasteiger partial charge in [0.2, 0.25) is 11.7 Å². The van der Waals surface area contributed by atoms with Crippen LogP contribution in [0.3, 0.4) is 0 Å². The van der Waals surface area contributed by atoms with E-state index in [4.69, 9.17) is 13.7 Å². The summed E-state index contributed by atoms with van der Waals surface area (Å²) in [4.78, 5) is 17.0. The van der Waals surface area contributed by atoms with Crippen molar-refractivity contribution in [1.82, 2.24) is 14.7 Å². The van der Waals surface area contributed by atoms with E-state index in [1.54, 1.807) is 62.0 Å². The predicted octanol–water partition coefficient (Wildman–Crippen LogP) is 4.67. The number of carbonyl (C=O) groups excluding carboxylic acids is 1. The topological polar surface area (TPSA) is 107 Å². The Kier molecular flexibility index (Phi) is 5.13. The summed E-state index contributed by atoms with van der Waals surface area (Å²) in [5.74, 6) is -0.463. The van der Waals surface area contributed by atoms with E-state index >= 15 is 0 Å². The minimum Gasteiger partial charge on any atom is -0.449 e. The molecular weight excluding hydrogens is 403 g/mol. The highest BCUT2D eigenvalue weighted by atomic mass is 19.1. The first-order chi connectivity index (χ1) is 14.9. The number of rotatable bonds is 5. The maximum absolute atomic E-state index is 13.8. The Bertz CT molecular complexity index is 1300. The molecule has 4 rings (SSSR count). The minimum absolute atomic E-state index is 0.0263. The smallest absolute Gasteiger partial charge is 0.343 e. The minimum atomic E-state index is -0.903. The van der Waals surface area contributed by atoms with Gasteiger partial charge in [-0.1, -0.05) is 17.3 Å². The highest BCUT2D eigenvalue weighted by Gasteiger charge is 2.28. The zero-order valence-electron chi connectivity index (χ0n) is 16.9. The number of hydrogen-bond donors (Lipinski definition) is 0. The number of halogens is 1. The maximum atomic E-state index is 13.8. The van der Waals surface area contributed by atoms with Gasteiger partial charge in [-0.2, -0.15) is 10.2 Å². The number of nitrogens with zero attached hydrogens (tertiary/aromatic N) is 4. The van der Waals surface area contributed by atoms with E-state index in [1.807, 2.05) is 6.07 Å². The van der Waals surface area contributed by atoms with Crippen LogP contribution in [-0.4, -0.2) is 20.7 Å². The lowest BCUT2D eigenvalue weighted by Crippen LogP contribution is -2.11. The van der Waals surface area contributed by atoms with E-state index < -0.39 is 12.1 Å². The summed E-state index contributed by atoms with van der Waals surface area (Å²) < 4.78 is 31.7. The highest BCUT2D eigenvalue weighted by molar-refractivity contribution is 5.94. The summed E-state index contributed by atoms with van der Waals surface area (Å²) in [7, 11) is 0. The average Bonchev–Trinajstić information content (AvgIpc) is 3.49. The molecule has 156 valence electrons. The first-order valence-electron chi connectivity index (χ1n) is 9.37. The monoisotopic (exact) mass is 420 g/mol. The van der Waals surface area contributed by atoms with E-state index in [-0.39, 0.29) is 40.3 Å². The molecule has 4 aromatic rings. The van der Waals surface area contributed by atoms with Gasteiger partial charge in [0.25, 0.3) is 5.89 Å². The number of carbonyl (C=O) groups is 1. The lowest BCUT2D eigenvalue weighted by molar-refractivity contribution is 0.0263. The summed E-state index contributed by atoms with van der Waals surface area (Å²) in [6.45, 7) is 4.78. The SMILES string of the molecule is Cc1ccc(-c2noc(C(C)OC(=O)c3c(C)oc(-n4cccc4)c3C#N)n2)cc1F. The fourth-order valence-corrected chi connectivity index (χ4v) is 3.05. The number of furan rings is 1. The van der Waals surface area contributed by atoms with Gasteiger partial charge in [0, 0.05) is 18.0 Å². The van der Waals surface area contributed by atoms with Crippen LogP contribution in [0.2, 0.25) is 0 Å². The Labute approximate surface area is 176 Å². The van der Waals surface area contributed by atoms with Crippen molar-refractivity contribution in [3.05, 3.63) is 76.9 Å². The van der Waals surface area contributed by atoms with Crippen molar-refractivity contribution in [2.45, 2.75) is 26.9 Å². The van der Waals surface area contributed by atoms with Crippen LogP contribution in [0.4, 0.5) is 4.39 Å². The van der Waals surface area contributed by atoms with Crippen LogP contribution in [0, 0.1) is 31.0 Å². The lowest BCUT2D eigenvalue weighted by atomic mass is 10.1. The van der Waals surface area contributed by atoms with Crippen molar-refractivity contribution < 1.29 is 22.9 Å². The van der Waals surface area contributed by atoms with Gasteiger partial charge in [0.1, 0.15) is 28.8 Å². The summed E-state index contributed by atoms with van der Waals surface area (Å²) in [5.41, 5.74) is 1.02. The molecule has 8 nitrogen and oxygen atoms in total. The standard InChI is InChI=1S/C22H17FN4O4/c1-12-6-7-15(10-17(12)23)19-25-20(31-26-19)14(3)30-22(28)18-13(2)29-21(16(18)11-24)27-8-4-5-9-27/h4-10,14H,1-3H3. The van der Waals surface area contributed by atoms with Gasteiger partial charge in [-0.3, -0.25) is 4.57 Å². The lowest BCUT2D eigenvalue weighted by Gasteiger charge is -2.08. The number of hydrogen-bond acceptors (Lipinski definition) is 7. The Balaban J connectivity index is 1.57. The molecule has 0 amide bonds. The van der Waals surface area contributed by atoms with Gasteiger partial charge in [-0.05, 0) is 44.5 Å². The molecule has 0 aliphatic carbocycles. The molecule has 0 saturated carbocycles. The second-order valence-corrected chi connectivity index (χ2v) is 6.88. The van der Waals surface area contributed by atoms with Crippen LogP contribution in [-0.2, 0) is 4.74 Å². The van der Waals surface area contributed by atoms with Gasteiger partial charge in [-0.25, -0.2) is 9.18 Å². The van der Waals surface area contributed by atoms with E-state index in [0.717, 1.165) is 0 Å². The molecule has 31 heavy (non-hydrogen) atoms. The Morgan fingerprint density at radius 2 is 2.03 bits per heavy atom. The van der Waals surface area contributed by atoms with Crippen LogP contribution in [0.5, 0.6) is 0 Å². The number of ether oxygens (including phenoxy) is 1. The van der Waals surface area contributed by atoms with Crippen molar-refractivity contribution in [1.29, 1.82) is 5.26 Å². The van der Waals surface area contributed by atoms with Crippen molar-refractivity contribution >= 4 is 5.97 Å². The summed E-state index contributed by atoms with van der Waals surface area (Å²) in [6.07, 6.45) is 2.50. The average molecular weight is 420 g/mol. The molecule has 0 fully saturated rings. The van der Waals surface area contributed by atoms with E-state index in [9.17, 15) is 14.4 Å². The first kappa shape index (κ1) is 20.1. The molecule has 0 saturated heterocycles. The van der Waals surface area contributed by atoms with Crippen molar-refractivity contribution in [2.24, 2.45) is 0 Å². The van der Waals surface area contributed by atoms with Gasteiger partial charge < -0.3 is 13.7 Å². The maximum Gasteiger partial charge on any atom is 0.343 e. The highest BCUT2D eigenvalue weighted by Crippen LogP contribution is 2.28. The molecule has 0 aliphatic heterocycles. The number of aryl methyl sites for hydroxylation is 2. The zero-order chi connectivity index (χ0) is 22.1. The third-order valence-corrected chi connectivity index (χ3v) is 4.72. The molecule has 0 radical (unpaired) electrons. The molecule has 3 heterocycles. The van der Waals surface area contributed by atoms with Gasteiger partial charge >= 0.3 is 5.97 Å². The molecule has 9 heteroatoms. The van der Waals surface area contributed by atoms with Crippen LogP contribution in [0.15, 0.2) is 51.7 Å². The third-order valence-electron chi connectivity index (χ3n) is 4.72. The van der Waals surface area contributed by atoms with Crippen molar-refractivity contribution in [2.75, 3.05) is 0 Å². The summed E-state index contributed by atoms with van der Waals surface area (Å²) in [6, 6.07) is 10.1. The van der Waals surface area contributed by atoms with Crippen molar-refractivity contribution in [3.8, 4) is 23.3 Å². The van der Waals surface area contributed by atoms with Gasteiger partial charge in [-0.15, -0.1) is 0 Å². The van der Waals surface area contributed by atoms with Crippen LogP contribution in [0.1, 0.15) is 46.2 Å². The second-order valence-electron chi connectivity index (χ2n) is 6.88. The Morgan fingerprint density at radius 1 is 1.29 bits per heavy atom. The molecule has 1 unspecified atom stereocenters.